The molecule has 1 saturated carbocycles. The molecule has 2 atom stereocenters. The highest BCUT2D eigenvalue weighted by atomic mass is 127. The molecule has 1 N–H and O–H groups in total. The number of carbonyl (C=O) groups is 1. The van der Waals surface area contributed by atoms with E-state index in [1.807, 2.05) is 6.92 Å². The van der Waals surface area contributed by atoms with Gasteiger partial charge in [0, 0.05) is 5.56 Å². The summed E-state index contributed by atoms with van der Waals surface area (Å²) in [5, 5.41) is 0. The van der Waals surface area contributed by atoms with Gasteiger partial charge in [0.05, 0.1) is 18.9 Å². The van der Waals surface area contributed by atoms with Gasteiger partial charge in [-0.2, -0.15) is 0 Å². The summed E-state index contributed by atoms with van der Waals surface area (Å²) in [5.41, 5.74) is 3.26. The highest BCUT2D eigenvalue weighted by Gasteiger charge is 2.45. The lowest BCUT2D eigenvalue weighted by Crippen LogP contribution is -2.07. The summed E-state index contributed by atoms with van der Waals surface area (Å²) >= 11 is 2.24. The van der Waals surface area contributed by atoms with Gasteiger partial charge in [0.2, 0.25) is 0 Å². The maximum atomic E-state index is 11.7. The fraction of sp³-hybridized carbons (Fsp3) is 0.333. The molecule has 0 unspecified atom stereocenters. The van der Waals surface area contributed by atoms with Crippen molar-refractivity contribution >= 4 is 28.6 Å². The zero-order valence-corrected chi connectivity index (χ0v) is 13.3. The van der Waals surface area contributed by atoms with Gasteiger partial charge >= 0.3 is 5.97 Å². The molecule has 0 bridgehead atoms. The summed E-state index contributed by atoms with van der Waals surface area (Å²) in [5.74, 6) is 0.302. The predicted octanol–water partition coefficient (Wildman–Crippen LogP) is 3.35. The number of imidazole rings is 1. The van der Waals surface area contributed by atoms with E-state index in [1.165, 1.54) is 5.56 Å². The number of rotatable bonds is 4. The third-order valence-corrected chi connectivity index (χ3v) is 4.41. The predicted molar refractivity (Wildman–Crippen MR) is 84.2 cm³/mol. The summed E-state index contributed by atoms with van der Waals surface area (Å²) in [4.78, 5) is 19.0. The Hall–Kier alpha value is -1.37. The van der Waals surface area contributed by atoms with Crippen LogP contribution in [0.5, 0.6) is 0 Å². The lowest BCUT2D eigenvalue weighted by atomic mass is 10.1. The summed E-state index contributed by atoms with van der Waals surface area (Å²) in [6.07, 6.45) is 2.60. The Bertz CT molecular complexity index is 621. The van der Waals surface area contributed by atoms with Crippen molar-refractivity contribution in [3.05, 3.63) is 39.9 Å². The van der Waals surface area contributed by atoms with Gasteiger partial charge in [0.15, 0.2) is 0 Å². The fourth-order valence-corrected chi connectivity index (χ4v) is 3.03. The summed E-state index contributed by atoms with van der Waals surface area (Å²) < 4.78 is 6.10. The van der Waals surface area contributed by atoms with Crippen LogP contribution in [0.25, 0.3) is 11.3 Å². The number of aromatic amines is 1. The number of nitrogens with one attached hydrogen (secondary N) is 1. The molecular weight excluding hydrogens is 367 g/mol. The second-order valence-corrected chi connectivity index (χ2v) is 5.97. The summed E-state index contributed by atoms with van der Waals surface area (Å²) in [6, 6.07) is 8.30. The normalized spacial score (nSPS) is 20.7. The molecule has 0 spiro atoms. The topological polar surface area (TPSA) is 55.0 Å². The molecule has 3 rings (SSSR count). The van der Waals surface area contributed by atoms with Gasteiger partial charge < -0.3 is 9.72 Å². The molecule has 1 aromatic heterocycles. The zero-order chi connectivity index (χ0) is 14.1. The molecule has 1 aliphatic carbocycles. The van der Waals surface area contributed by atoms with Crippen molar-refractivity contribution in [2.45, 2.75) is 19.3 Å². The third-order valence-electron chi connectivity index (χ3n) is 3.58. The molecule has 2 aromatic rings. The van der Waals surface area contributed by atoms with Crippen molar-refractivity contribution < 1.29 is 9.53 Å². The number of ether oxygens (including phenoxy) is 1. The Labute approximate surface area is 131 Å². The quantitative estimate of drug-likeness (QED) is 0.652. The average Bonchev–Trinajstić information content (AvgIpc) is 3.15. The van der Waals surface area contributed by atoms with Crippen LogP contribution in [0.3, 0.4) is 0 Å². The van der Waals surface area contributed by atoms with Crippen LogP contribution in [0, 0.1) is 9.62 Å². The van der Waals surface area contributed by atoms with Crippen molar-refractivity contribution in [2.75, 3.05) is 6.61 Å². The second kappa shape index (κ2) is 5.55. The number of aromatic nitrogens is 2. The maximum Gasteiger partial charge on any atom is 0.309 e. The van der Waals surface area contributed by atoms with Gasteiger partial charge in [-0.25, -0.2) is 4.98 Å². The van der Waals surface area contributed by atoms with E-state index >= 15 is 0 Å². The van der Waals surface area contributed by atoms with Crippen LogP contribution in [0.4, 0.5) is 0 Å². The minimum atomic E-state index is -0.0663. The van der Waals surface area contributed by atoms with Gasteiger partial charge in [0.1, 0.15) is 9.39 Å². The van der Waals surface area contributed by atoms with E-state index in [2.05, 4.69) is 56.8 Å². The lowest BCUT2D eigenvalue weighted by Gasteiger charge is -2.03. The van der Waals surface area contributed by atoms with Gasteiger partial charge in [0.25, 0.3) is 0 Å². The minimum absolute atomic E-state index is 0.0475. The fourth-order valence-electron chi connectivity index (χ4n) is 2.44. The zero-order valence-electron chi connectivity index (χ0n) is 11.1. The van der Waals surface area contributed by atoms with Crippen LogP contribution in [0.1, 0.15) is 24.8 Å². The first-order valence-electron chi connectivity index (χ1n) is 6.66. The highest BCUT2D eigenvalue weighted by molar-refractivity contribution is 14.1. The third kappa shape index (κ3) is 2.59. The molecule has 20 heavy (non-hydrogen) atoms. The largest absolute Gasteiger partial charge is 0.466 e. The first kappa shape index (κ1) is 13.6. The van der Waals surface area contributed by atoms with Crippen LogP contribution in [-0.2, 0) is 9.53 Å². The van der Waals surface area contributed by atoms with Gasteiger partial charge in [-0.15, -0.1) is 0 Å². The molecule has 104 valence electrons. The molecule has 1 heterocycles. The monoisotopic (exact) mass is 382 g/mol. The number of carbonyl (C=O) groups excluding carboxylic acids is 1. The molecule has 0 amide bonds. The minimum Gasteiger partial charge on any atom is -0.466 e. The standard InChI is InChI=1S/C15H15IN2O2/c1-2-20-15(19)12-7-11(12)9-3-5-10(6-4-9)13-14(16)18-8-17-13/h3-6,8,11-12H,2,7H2,1H3,(H,17,18)/t11-,12+/m1/s1. The molecule has 4 nitrogen and oxygen atoms in total. The number of H-pyrrole nitrogens is 1. The Morgan fingerprint density at radius 1 is 1.45 bits per heavy atom. The van der Waals surface area contributed by atoms with E-state index in [4.69, 9.17) is 4.74 Å². The van der Waals surface area contributed by atoms with E-state index in [1.54, 1.807) is 6.33 Å². The van der Waals surface area contributed by atoms with Crippen LogP contribution in [0.2, 0.25) is 0 Å². The van der Waals surface area contributed by atoms with E-state index in [0.717, 1.165) is 21.4 Å². The Kier molecular flexibility index (Phi) is 3.78. The maximum absolute atomic E-state index is 11.7. The molecule has 1 aromatic carbocycles. The molecule has 5 heteroatoms. The van der Waals surface area contributed by atoms with Crippen LogP contribution in [-0.4, -0.2) is 22.5 Å². The van der Waals surface area contributed by atoms with E-state index in [9.17, 15) is 4.79 Å². The van der Waals surface area contributed by atoms with Gasteiger partial charge in [-0.3, -0.25) is 4.79 Å². The van der Waals surface area contributed by atoms with E-state index in [-0.39, 0.29) is 11.9 Å². The molecular formula is C15H15IN2O2. The molecule has 0 aliphatic heterocycles. The smallest absolute Gasteiger partial charge is 0.309 e. The number of halogens is 1. The lowest BCUT2D eigenvalue weighted by molar-refractivity contribution is -0.144. The van der Waals surface area contributed by atoms with Gasteiger partial charge in [-0.05, 0) is 47.4 Å². The molecule has 0 saturated heterocycles. The summed E-state index contributed by atoms with van der Waals surface area (Å²) in [7, 11) is 0. The SMILES string of the molecule is CCOC(=O)[C@H]1C[C@@H]1c1ccc(-c2nc[nH]c2I)cc1. The van der Waals surface area contributed by atoms with Crippen molar-refractivity contribution in [2.24, 2.45) is 5.92 Å². The van der Waals surface area contributed by atoms with Crippen molar-refractivity contribution in [3.8, 4) is 11.3 Å². The van der Waals surface area contributed by atoms with E-state index in [0.29, 0.717) is 12.5 Å². The molecule has 1 aliphatic rings. The summed E-state index contributed by atoms with van der Waals surface area (Å²) in [6.45, 7) is 2.30. The first-order valence-corrected chi connectivity index (χ1v) is 7.74. The van der Waals surface area contributed by atoms with Crippen LogP contribution < -0.4 is 0 Å². The van der Waals surface area contributed by atoms with Crippen molar-refractivity contribution in [1.29, 1.82) is 0 Å². The molecule has 1 fully saturated rings. The first-order chi connectivity index (χ1) is 9.70. The number of esters is 1. The van der Waals surface area contributed by atoms with Crippen molar-refractivity contribution in [3.63, 3.8) is 0 Å². The van der Waals surface area contributed by atoms with Gasteiger partial charge in [-0.1, -0.05) is 24.3 Å². The highest BCUT2D eigenvalue weighted by Crippen LogP contribution is 2.48. The van der Waals surface area contributed by atoms with Crippen LogP contribution in [0.15, 0.2) is 30.6 Å². The Morgan fingerprint density at radius 2 is 2.20 bits per heavy atom. The number of hydrogen-bond donors (Lipinski definition) is 1. The number of hydrogen-bond acceptors (Lipinski definition) is 3. The number of nitrogens with zero attached hydrogens (tertiary/aromatic N) is 1. The second-order valence-electron chi connectivity index (χ2n) is 4.89. The Balaban J connectivity index is 1.72. The average molecular weight is 382 g/mol. The number of benzene rings is 1. The van der Waals surface area contributed by atoms with E-state index < -0.39 is 0 Å². The molecule has 0 radical (unpaired) electrons. The van der Waals surface area contributed by atoms with Crippen molar-refractivity contribution in [1.82, 2.24) is 9.97 Å². The Morgan fingerprint density at radius 3 is 2.80 bits per heavy atom. The van der Waals surface area contributed by atoms with Crippen LogP contribution >= 0.6 is 22.6 Å².